The summed E-state index contributed by atoms with van der Waals surface area (Å²) in [5.41, 5.74) is 0. The number of nitrogens with zero attached hydrogens (tertiary/aromatic N) is 5. The lowest BCUT2D eigenvalue weighted by atomic mass is 10.4. The van der Waals surface area contributed by atoms with E-state index in [4.69, 9.17) is 11.6 Å². The van der Waals surface area contributed by atoms with Crippen molar-refractivity contribution in [2.75, 3.05) is 7.05 Å². The lowest BCUT2D eigenvalue weighted by Gasteiger charge is -2.17. The van der Waals surface area contributed by atoms with Gasteiger partial charge in [-0.1, -0.05) is 11.6 Å². The van der Waals surface area contributed by atoms with Crippen LogP contribution >= 0.6 is 11.6 Å². The van der Waals surface area contributed by atoms with Gasteiger partial charge in [0.2, 0.25) is 10.0 Å². The van der Waals surface area contributed by atoms with Crippen molar-refractivity contribution in [1.82, 2.24) is 24.1 Å². The maximum Gasteiger partial charge on any atom is 0.246 e. The zero-order valence-corrected chi connectivity index (χ0v) is 13.0. The molecule has 0 unspecified atom stereocenters. The van der Waals surface area contributed by atoms with Gasteiger partial charge in [0.25, 0.3) is 0 Å². The molecule has 3 rings (SSSR count). The Hall–Kier alpha value is -1.51. The molecule has 3 heterocycles. The SMILES string of the molecule is CN(Cc1nnc2n1CCC2)S(=O)(=O)c1cnccc1Cl. The molecule has 0 bridgehead atoms. The molecular weight excluding hydrogens is 314 g/mol. The summed E-state index contributed by atoms with van der Waals surface area (Å²) in [6.07, 6.45) is 4.61. The van der Waals surface area contributed by atoms with Crippen molar-refractivity contribution in [2.45, 2.75) is 30.8 Å². The highest BCUT2D eigenvalue weighted by Crippen LogP contribution is 2.24. The quantitative estimate of drug-likeness (QED) is 0.839. The first-order chi connectivity index (χ1) is 10.00. The first-order valence-electron chi connectivity index (χ1n) is 6.47. The minimum atomic E-state index is -3.71. The average Bonchev–Trinajstić information content (AvgIpc) is 3.04. The molecular formula is C12H14ClN5O2S. The molecule has 112 valence electrons. The molecule has 2 aromatic heterocycles. The first kappa shape index (κ1) is 14.4. The molecule has 0 aliphatic carbocycles. The van der Waals surface area contributed by atoms with Gasteiger partial charge in [-0.05, 0) is 12.5 Å². The highest BCUT2D eigenvalue weighted by molar-refractivity contribution is 7.89. The Labute approximate surface area is 127 Å². The molecule has 0 saturated heterocycles. The van der Waals surface area contributed by atoms with E-state index in [0.29, 0.717) is 5.82 Å². The molecule has 0 fully saturated rings. The largest absolute Gasteiger partial charge is 0.314 e. The van der Waals surface area contributed by atoms with Crippen LogP contribution < -0.4 is 0 Å². The van der Waals surface area contributed by atoms with Gasteiger partial charge in [-0.25, -0.2) is 8.42 Å². The van der Waals surface area contributed by atoms with Crippen molar-refractivity contribution in [3.05, 3.63) is 35.1 Å². The Bertz CT molecular complexity index is 774. The molecule has 0 radical (unpaired) electrons. The molecule has 0 atom stereocenters. The molecule has 2 aromatic rings. The molecule has 7 nitrogen and oxygen atoms in total. The van der Waals surface area contributed by atoms with E-state index in [1.54, 1.807) is 0 Å². The van der Waals surface area contributed by atoms with Crippen LogP contribution in [0.1, 0.15) is 18.1 Å². The first-order valence-corrected chi connectivity index (χ1v) is 8.29. The predicted molar refractivity (Wildman–Crippen MR) is 76.2 cm³/mol. The van der Waals surface area contributed by atoms with E-state index in [2.05, 4.69) is 15.2 Å². The number of hydrogen-bond acceptors (Lipinski definition) is 5. The van der Waals surface area contributed by atoms with E-state index in [1.165, 1.54) is 29.8 Å². The number of rotatable bonds is 4. The van der Waals surface area contributed by atoms with Crippen LogP contribution in [0.25, 0.3) is 0 Å². The third-order valence-corrected chi connectivity index (χ3v) is 5.75. The van der Waals surface area contributed by atoms with Gasteiger partial charge in [0, 0.05) is 32.4 Å². The maximum atomic E-state index is 12.5. The molecule has 21 heavy (non-hydrogen) atoms. The Kier molecular flexibility index (Phi) is 3.68. The zero-order chi connectivity index (χ0) is 15.0. The molecule has 0 amide bonds. The van der Waals surface area contributed by atoms with Crippen molar-refractivity contribution in [1.29, 1.82) is 0 Å². The van der Waals surface area contributed by atoms with E-state index in [-0.39, 0.29) is 16.5 Å². The third-order valence-electron chi connectivity index (χ3n) is 3.47. The summed E-state index contributed by atoms with van der Waals surface area (Å²) in [4.78, 5) is 3.82. The van der Waals surface area contributed by atoms with Gasteiger partial charge >= 0.3 is 0 Å². The highest BCUT2D eigenvalue weighted by atomic mass is 35.5. The number of halogens is 1. The summed E-state index contributed by atoms with van der Waals surface area (Å²) in [5.74, 6) is 1.56. The molecule has 0 spiro atoms. The third kappa shape index (κ3) is 2.54. The fraction of sp³-hybridized carbons (Fsp3) is 0.417. The average molecular weight is 328 g/mol. The molecule has 0 saturated carbocycles. The summed E-state index contributed by atoms with van der Waals surface area (Å²) >= 11 is 5.95. The summed E-state index contributed by atoms with van der Waals surface area (Å²) in [6.45, 7) is 0.986. The molecule has 9 heteroatoms. The Morgan fingerprint density at radius 1 is 1.43 bits per heavy atom. The number of hydrogen-bond donors (Lipinski definition) is 0. The smallest absolute Gasteiger partial charge is 0.246 e. The van der Waals surface area contributed by atoms with Crippen molar-refractivity contribution >= 4 is 21.6 Å². The van der Waals surface area contributed by atoms with E-state index in [9.17, 15) is 8.42 Å². The second kappa shape index (κ2) is 5.36. The minimum absolute atomic E-state index is 0.00433. The van der Waals surface area contributed by atoms with Gasteiger partial charge in [-0.3, -0.25) is 4.98 Å². The van der Waals surface area contributed by atoms with E-state index >= 15 is 0 Å². The van der Waals surface area contributed by atoms with Gasteiger partial charge in [0.05, 0.1) is 11.6 Å². The lowest BCUT2D eigenvalue weighted by molar-refractivity contribution is 0.446. The monoisotopic (exact) mass is 327 g/mol. The predicted octanol–water partition coefficient (Wildman–Crippen LogP) is 1.09. The molecule has 1 aliphatic heterocycles. The number of aromatic nitrogens is 4. The van der Waals surface area contributed by atoms with E-state index in [1.807, 2.05) is 4.57 Å². The number of fused-ring (bicyclic) bond motifs is 1. The topological polar surface area (TPSA) is 81.0 Å². The molecule has 1 aliphatic rings. The maximum absolute atomic E-state index is 12.5. The second-order valence-corrected chi connectivity index (χ2v) is 7.28. The van der Waals surface area contributed by atoms with Crippen LogP contribution in [0.2, 0.25) is 5.02 Å². The van der Waals surface area contributed by atoms with Crippen LogP contribution in [0.15, 0.2) is 23.4 Å². The summed E-state index contributed by atoms with van der Waals surface area (Å²) in [5, 5.41) is 8.30. The number of sulfonamides is 1. The molecule has 0 N–H and O–H groups in total. The van der Waals surface area contributed by atoms with Crippen LogP contribution in [-0.2, 0) is 29.5 Å². The van der Waals surface area contributed by atoms with Gasteiger partial charge < -0.3 is 4.57 Å². The van der Waals surface area contributed by atoms with Crippen LogP contribution in [-0.4, -0.2) is 39.5 Å². The van der Waals surface area contributed by atoms with E-state index < -0.39 is 10.0 Å². The van der Waals surface area contributed by atoms with E-state index in [0.717, 1.165) is 25.2 Å². The van der Waals surface area contributed by atoms with Gasteiger partial charge in [-0.2, -0.15) is 4.31 Å². The van der Waals surface area contributed by atoms with Crippen molar-refractivity contribution < 1.29 is 8.42 Å². The Morgan fingerprint density at radius 2 is 2.24 bits per heavy atom. The number of aryl methyl sites for hydroxylation is 1. The Morgan fingerprint density at radius 3 is 3.00 bits per heavy atom. The van der Waals surface area contributed by atoms with Crippen molar-refractivity contribution in [3.8, 4) is 0 Å². The Balaban J connectivity index is 1.88. The van der Waals surface area contributed by atoms with Crippen molar-refractivity contribution in [2.24, 2.45) is 0 Å². The fourth-order valence-electron chi connectivity index (χ4n) is 2.33. The van der Waals surface area contributed by atoms with Crippen LogP contribution in [0.5, 0.6) is 0 Å². The molecule has 0 aromatic carbocycles. The second-order valence-electron chi connectivity index (χ2n) is 4.85. The van der Waals surface area contributed by atoms with Gasteiger partial charge in [0.15, 0.2) is 0 Å². The summed E-state index contributed by atoms with van der Waals surface area (Å²) < 4.78 is 28.2. The van der Waals surface area contributed by atoms with Gasteiger partial charge in [0.1, 0.15) is 16.5 Å². The van der Waals surface area contributed by atoms with Gasteiger partial charge in [-0.15, -0.1) is 10.2 Å². The van der Waals surface area contributed by atoms with Crippen LogP contribution in [0.3, 0.4) is 0 Å². The number of pyridine rings is 1. The summed E-state index contributed by atoms with van der Waals surface area (Å²) in [7, 11) is -2.21. The highest BCUT2D eigenvalue weighted by Gasteiger charge is 2.26. The zero-order valence-electron chi connectivity index (χ0n) is 11.4. The van der Waals surface area contributed by atoms with Crippen molar-refractivity contribution in [3.63, 3.8) is 0 Å². The summed E-state index contributed by atoms with van der Waals surface area (Å²) in [6, 6.07) is 1.46. The lowest BCUT2D eigenvalue weighted by Crippen LogP contribution is -2.28. The minimum Gasteiger partial charge on any atom is -0.314 e. The van der Waals surface area contributed by atoms with Crippen LogP contribution in [0, 0.1) is 0 Å². The standard InChI is InChI=1S/C12H14ClN5O2S/c1-17(8-12-16-15-11-3-2-6-18(11)12)21(19,20)10-7-14-5-4-9(10)13/h4-5,7H,2-3,6,8H2,1H3. The normalized spacial score (nSPS) is 14.6. The van der Waals surface area contributed by atoms with Crippen LogP contribution in [0.4, 0.5) is 0 Å². The fourth-order valence-corrected chi connectivity index (χ4v) is 3.86.